The van der Waals surface area contributed by atoms with Gasteiger partial charge in [0.1, 0.15) is 12.4 Å². The maximum absolute atomic E-state index is 12.7. The van der Waals surface area contributed by atoms with Gasteiger partial charge in [-0.15, -0.1) is 0 Å². The van der Waals surface area contributed by atoms with E-state index in [1.165, 1.54) is 18.5 Å². The molecule has 0 aliphatic rings. The van der Waals surface area contributed by atoms with Gasteiger partial charge in [0, 0.05) is 35.7 Å². The van der Waals surface area contributed by atoms with Crippen LogP contribution in [0.2, 0.25) is 0 Å². The van der Waals surface area contributed by atoms with Gasteiger partial charge < -0.3 is 0 Å². The Morgan fingerprint density at radius 2 is 1.08 bits per heavy atom. The molecule has 0 aliphatic heterocycles. The standard InChI is InChI=1S/C37H29N9O2/c1-43-32(24-45-17-5-3-7-34(43)45)28-13-9-26(10-14-28)20-39-41-36(47)30-19-31(23-38-22-30)37(48)42-40-21-27-11-15-29(16-12-27)33-25-46-18-6-4-8-35(46)44(33)2/h3-25H,1-2H3/p+2/b39-20+,40-21+. The topological polar surface area (TPSA) is 114 Å². The molecular weight excluding hydrogens is 602 g/mol. The Morgan fingerprint density at radius 3 is 1.50 bits per heavy atom. The summed E-state index contributed by atoms with van der Waals surface area (Å²) >= 11 is 0. The molecule has 0 fully saturated rings. The lowest BCUT2D eigenvalue weighted by Gasteiger charge is -2.03. The average molecular weight is 634 g/mol. The maximum atomic E-state index is 12.7. The Hall–Kier alpha value is -6.75. The SMILES string of the molecule is Cn1c(-c2ccc(/C=N/NC(=O)c3cncc(C(=O)N/N=C/c4ccc(-c5c[n+]6ccccc6n5C)cc4)c3)cc2)c[n+]2ccccc12. The van der Waals surface area contributed by atoms with Crippen LogP contribution in [0.3, 0.4) is 0 Å². The largest absolute Gasteiger partial charge is 0.286 e. The number of carbonyl (C=O) groups is 2. The van der Waals surface area contributed by atoms with Crippen molar-refractivity contribution in [3.8, 4) is 22.5 Å². The Labute approximate surface area is 275 Å². The van der Waals surface area contributed by atoms with Gasteiger partial charge in [-0.1, -0.05) is 36.4 Å². The summed E-state index contributed by atoms with van der Waals surface area (Å²) < 4.78 is 8.41. The summed E-state index contributed by atoms with van der Waals surface area (Å²) in [6.45, 7) is 0. The van der Waals surface area contributed by atoms with Gasteiger partial charge in [-0.3, -0.25) is 14.6 Å². The molecule has 5 heterocycles. The lowest BCUT2D eigenvalue weighted by molar-refractivity contribution is -0.510. The smallest absolute Gasteiger partial charge is 0.267 e. The number of hydrogen-bond donors (Lipinski definition) is 2. The summed E-state index contributed by atoms with van der Waals surface area (Å²) in [5.41, 5.74) is 13.4. The van der Waals surface area contributed by atoms with Crippen molar-refractivity contribution >= 4 is 35.5 Å². The number of carbonyl (C=O) groups excluding carboxylic acids is 2. The van der Waals surface area contributed by atoms with Crippen LogP contribution in [0.15, 0.2) is 138 Å². The predicted molar refractivity (Wildman–Crippen MR) is 182 cm³/mol. The molecule has 7 aromatic rings. The number of aromatic nitrogens is 5. The third kappa shape index (κ3) is 6.07. The van der Waals surface area contributed by atoms with E-state index in [0.29, 0.717) is 0 Å². The lowest BCUT2D eigenvalue weighted by atomic mass is 10.1. The van der Waals surface area contributed by atoms with Gasteiger partial charge >= 0.3 is 0 Å². The normalized spacial score (nSPS) is 11.5. The number of aryl methyl sites for hydroxylation is 2. The molecule has 11 nitrogen and oxygen atoms in total. The van der Waals surface area contributed by atoms with Crippen molar-refractivity contribution in [2.75, 3.05) is 0 Å². The Balaban J connectivity index is 0.940. The minimum absolute atomic E-state index is 0.189. The monoisotopic (exact) mass is 633 g/mol. The first kappa shape index (κ1) is 29.9. The van der Waals surface area contributed by atoms with E-state index in [1.807, 2.05) is 99.3 Å². The highest BCUT2D eigenvalue weighted by Crippen LogP contribution is 2.21. The molecule has 11 heteroatoms. The lowest BCUT2D eigenvalue weighted by Crippen LogP contribution is -2.21. The van der Waals surface area contributed by atoms with Crippen molar-refractivity contribution in [1.82, 2.24) is 25.0 Å². The maximum Gasteiger partial charge on any atom is 0.286 e. The molecular formula is C37H31N9O2+2. The minimum Gasteiger partial charge on any atom is -0.267 e. The van der Waals surface area contributed by atoms with Crippen LogP contribution in [0.1, 0.15) is 31.8 Å². The zero-order chi connectivity index (χ0) is 33.0. The summed E-state index contributed by atoms with van der Waals surface area (Å²) in [5, 5.41) is 8.17. The van der Waals surface area contributed by atoms with Crippen molar-refractivity contribution in [1.29, 1.82) is 0 Å². The summed E-state index contributed by atoms with van der Waals surface area (Å²) in [7, 11) is 4.06. The summed E-state index contributed by atoms with van der Waals surface area (Å²) in [6.07, 6.45) is 14.1. The van der Waals surface area contributed by atoms with Crippen molar-refractivity contribution < 1.29 is 18.4 Å². The molecule has 2 N–H and O–H groups in total. The highest BCUT2D eigenvalue weighted by Gasteiger charge is 2.16. The fraction of sp³-hybridized carbons (Fsp3) is 0.0541. The van der Waals surface area contributed by atoms with Crippen molar-refractivity contribution in [2.24, 2.45) is 24.3 Å². The van der Waals surface area contributed by atoms with Crippen LogP contribution in [0, 0.1) is 0 Å². The highest BCUT2D eigenvalue weighted by molar-refractivity contribution is 5.99. The van der Waals surface area contributed by atoms with E-state index in [9.17, 15) is 9.59 Å². The molecule has 5 aromatic heterocycles. The fourth-order valence-electron chi connectivity index (χ4n) is 5.53. The van der Waals surface area contributed by atoms with Crippen molar-refractivity contribution in [2.45, 2.75) is 0 Å². The van der Waals surface area contributed by atoms with Gasteiger partial charge in [-0.25, -0.2) is 28.8 Å². The molecule has 2 aromatic carbocycles. The molecule has 234 valence electrons. The van der Waals surface area contributed by atoms with E-state index in [1.54, 1.807) is 12.4 Å². The van der Waals surface area contributed by atoms with Crippen LogP contribution in [0.25, 0.3) is 33.8 Å². The third-order valence-corrected chi connectivity index (χ3v) is 8.10. The molecule has 0 spiro atoms. The number of nitrogens with zero attached hydrogens (tertiary/aromatic N) is 7. The zero-order valence-corrected chi connectivity index (χ0v) is 26.2. The van der Waals surface area contributed by atoms with Gasteiger partial charge in [0.25, 0.3) is 23.1 Å². The van der Waals surface area contributed by atoms with E-state index in [2.05, 4.69) is 68.5 Å². The highest BCUT2D eigenvalue weighted by atomic mass is 16.2. The molecule has 0 aliphatic carbocycles. The molecule has 2 amide bonds. The fourth-order valence-corrected chi connectivity index (χ4v) is 5.53. The molecule has 0 saturated carbocycles. The number of hydrogen-bond acceptors (Lipinski definition) is 5. The van der Waals surface area contributed by atoms with E-state index in [4.69, 9.17) is 0 Å². The molecule has 0 radical (unpaired) electrons. The van der Waals surface area contributed by atoms with Crippen LogP contribution in [0.5, 0.6) is 0 Å². The van der Waals surface area contributed by atoms with Gasteiger partial charge in [0.2, 0.25) is 0 Å². The molecule has 0 unspecified atom stereocenters. The Kier molecular flexibility index (Phi) is 8.06. The van der Waals surface area contributed by atoms with E-state index in [0.717, 1.165) is 44.9 Å². The first-order valence-corrected chi connectivity index (χ1v) is 15.2. The Bertz CT molecular complexity index is 2190. The average Bonchev–Trinajstić information content (AvgIpc) is 3.65. The number of imidazole rings is 2. The molecule has 0 saturated heterocycles. The minimum atomic E-state index is -0.495. The van der Waals surface area contributed by atoms with E-state index < -0.39 is 11.8 Å². The number of benzene rings is 2. The number of fused-ring (bicyclic) bond motifs is 2. The number of nitrogens with one attached hydrogen (secondary N) is 2. The van der Waals surface area contributed by atoms with Crippen molar-refractivity contribution in [3.05, 3.63) is 150 Å². The summed E-state index contributed by atoms with van der Waals surface area (Å²) in [4.78, 5) is 29.5. The first-order chi connectivity index (χ1) is 23.4. The second kappa shape index (κ2) is 12.9. The number of pyridine rings is 3. The van der Waals surface area contributed by atoms with Crippen LogP contribution in [-0.4, -0.2) is 38.4 Å². The quantitative estimate of drug-likeness (QED) is 0.149. The van der Waals surface area contributed by atoms with Gasteiger partial charge in [0.15, 0.2) is 11.4 Å². The molecule has 7 rings (SSSR count). The van der Waals surface area contributed by atoms with Gasteiger partial charge in [-0.05, 0) is 53.6 Å². The number of hydrazone groups is 2. The zero-order valence-electron chi connectivity index (χ0n) is 26.2. The van der Waals surface area contributed by atoms with Gasteiger partial charge in [-0.2, -0.15) is 10.2 Å². The number of rotatable bonds is 8. The molecule has 48 heavy (non-hydrogen) atoms. The van der Waals surface area contributed by atoms with Crippen LogP contribution in [0.4, 0.5) is 0 Å². The second-order valence-corrected chi connectivity index (χ2v) is 11.2. The number of amides is 2. The molecule has 0 bridgehead atoms. The molecule has 0 atom stereocenters. The summed E-state index contributed by atoms with van der Waals surface area (Å²) in [6, 6.07) is 29.3. The van der Waals surface area contributed by atoms with Crippen LogP contribution >= 0.6 is 0 Å². The van der Waals surface area contributed by atoms with E-state index in [-0.39, 0.29) is 11.1 Å². The van der Waals surface area contributed by atoms with Gasteiger partial charge in [0.05, 0.1) is 50.0 Å². The second-order valence-electron chi connectivity index (χ2n) is 11.2. The summed E-state index contributed by atoms with van der Waals surface area (Å²) in [5.74, 6) is -0.990. The predicted octanol–water partition coefficient (Wildman–Crippen LogP) is 4.10. The van der Waals surface area contributed by atoms with Crippen LogP contribution < -0.4 is 19.7 Å². The first-order valence-electron chi connectivity index (χ1n) is 15.2. The van der Waals surface area contributed by atoms with Crippen molar-refractivity contribution in [3.63, 3.8) is 0 Å². The van der Waals surface area contributed by atoms with E-state index >= 15 is 0 Å². The Morgan fingerprint density at radius 1 is 0.646 bits per heavy atom. The third-order valence-electron chi connectivity index (χ3n) is 8.10. The van der Waals surface area contributed by atoms with Crippen LogP contribution in [-0.2, 0) is 14.1 Å².